The number of guanidine groups is 1. The Morgan fingerprint density at radius 1 is 1.04 bits per heavy atom. The summed E-state index contributed by atoms with van der Waals surface area (Å²) in [5.74, 6) is 1.84. The third-order valence-electron chi connectivity index (χ3n) is 4.30. The predicted molar refractivity (Wildman–Crippen MR) is 104 cm³/mol. The average molecular weight is 358 g/mol. The number of hydrogen-bond acceptors (Lipinski definition) is 3. The summed E-state index contributed by atoms with van der Waals surface area (Å²) >= 11 is 5.91. The SMILES string of the molecule is CN=C(NCc1ccc(Cl)cc1)NCc1ccc(N2CCCC2)nc1. The Morgan fingerprint density at radius 2 is 1.68 bits per heavy atom. The van der Waals surface area contributed by atoms with Gasteiger partial charge in [-0.2, -0.15) is 0 Å². The molecule has 1 aliphatic rings. The molecule has 0 spiro atoms. The van der Waals surface area contributed by atoms with Gasteiger partial charge < -0.3 is 15.5 Å². The summed E-state index contributed by atoms with van der Waals surface area (Å²) < 4.78 is 0. The van der Waals surface area contributed by atoms with Crippen molar-refractivity contribution in [2.75, 3.05) is 25.0 Å². The third-order valence-corrected chi connectivity index (χ3v) is 4.55. The van der Waals surface area contributed by atoms with Crippen LogP contribution in [-0.4, -0.2) is 31.1 Å². The van der Waals surface area contributed by atoms with Crippen LogP contribution in [0.1, 0.15) is 24.0 Å². The van der Waals surface area contributed by atoms with E-state index in [0.717, 1.165) is 41.0 Å². The fourth-order valence-corrected chi connectivity index (χ4v) is 2.97. The number of halogens is 1. The first-order chi connectivity index (χ1) is 12.2. The van der Waals surface area contributed by atoms with Gasteiger partial charge in [0.05, 0.1) is 0 Å². The Bertz CT molecular complexity index is 691. The Morgan fingerprint density at radius 3 is 2.28 bits per heavy atom. The summed E-state index contributed by atoms with van der Waals surface area (Å²) in [6.07, 6.45) is 4.47. The van der Waals surface area contributed by atoms with Crippen molar-refractivity contribution in [3.8, 4) is 0 Å². The standard InChI is InChI=1S/C19H24ClN5/c1-21-19(23-12-15-4-7-17(20)8-5-15)24-14-16-6-9-18(22-13-16)25-10-2-3-11-25/h4-9,13H,2-3,10-12,14H2,1H3,(H2,21,23,24). The second-order valence-electron chi connectivity index (χ2n) is 6.12. The molecule has 5 nitrogen and oxygen atoms in total. The van der Waals surface area contributed by atoms with Gasteiger partial charge in [0.1, 0.15) is 5.82 Å². The van der Waals surface area contributed by atoms with Gasteiger partial charge >= 0.3 is 0 Å². The highest BCUT2D eigenvalue weighted by atomic mass is 35.5. The van der Waals surface area contributed by atoms with Crippen molar-refractivity contribution >= 4 is 23.4 Å². The lowest BCUT2D eigenvalue weighted by atomic mass is 10.2. The number of aliphatic imine (C=N–C) groups is 1. The lowest BCUT2D eigenvalue weighted by Crippen LogP contribution is -2.36. The second-order valence-corrected chi connectivity index (χ2v) is 6.56. The Labute approximate surface area is 154 Å². The number of aromatic nitrogens is 1. The summed E-state index contributed by atoms with van der Waals surface area (Å²) in [6.45, 7) is 3.62. The molecule has 0 unspecified atom stereocenters. The molecule has 1 aromatic carbocycles. The first-order valence-corrected chi connectivity index (χ1v) is 9.01. The molecule has 1 saturated heterocycles. The summed E-state index contributed by atoms with van der Waals surface area (Å²) in [6, 6.07) is 12.0. The van der Waals surface area contributed by atoms with Gasteiger partial charge in [0.25, 0.3) is 0 Å². The van der Waals surface area contributed by atoms with Crippen molar-refractivity contribution in [2.24, 2.45) is 4.99 Å². The van der Waals surface area contributed by atoms with E-state index in [1.54, 1.807) is 7.05 Å². The number of rotatable bonds is 5. The highest BCUT2D eigenvalue weighted by Gasteiger charge is 2.12. The van der Waals surface area contributed by atoms with Crippen LogP contribution in [0.2, 0.25) is 5.02 Å². The normalized spacial score (nSPS) is 14.6. The molecule has 6 heteroatoms. The molecule has 0 atom stereocenters. The van der Waals surface area contributed by atoms with Gasteiger partial charge in [-0.3, -0.25) is 4.99 Å². The number of hydrogen-bond donors (Lipinski definition) is 2. The van der Waals surface area contributed by atoms with E-state index in [9.17, 15) is 0 Å². The zero-order chi connectivity index (χ0) is 17.5. The smallest absolute Gasteiger partial charge is 0.191 e. The Hall–Kier alpha value is -2.27. The summed E-state index contributed by atoms with van der Waals surface area (Å²) in [5, 5.41) is 7.36. The van der Waals surface area contributed by atoms with Crippen molar-refractivity contribution in [2.45, 2.75) is 25.9 Å². The molecule has 0 bridgehead atoms. The average Bonchev–Trinajstić information content (AvgIpc) is 3.18. The highest BCUT2D eigenvalue weighted by molar-refractivity contribution is 6.30. The van der Waals surface area contributed by atoms with Crippen LogP contribution in [0.15, 0.2) is 47.6 Å². The minimum Gasteiger partial charge on any atom is -0.357 e. The Balaban J connectivity index is 1.48. The van der Waals surface area contributed by atoms with E-state index in [0.29, 0.717) is 13.1 Å². The number of pyridine rings is 1. The van der Waals surface area contributed by atoms with Gasteiger partial charge in [0, 0.05) is 44.4 Å². The molecule has 1 aromatic heterocycles. The molecule has 2 heterocycles. The topological polar surface area (TPSA) is 52.6 Å². The zero-order valence-corrected chi connectivity index (χ0v) is 15.3. The van der Waals surface area contributed by atoms with Crippen molar-refractivity contribution in [1.29, 1.82) is 0 Å². The lowest BCUT2D eigenvalue weighted by Gasteiger charge is -2.16. The Kier molecular flexibility index (Phi) is 6.12. The molecule has 132 valence electrons. The highest BCUT2D eigenvalue weighted by Crippen LogP contribution is 2.17. The van der Waals surface area contributed by atoms with Crippen LogP contribution in [-0.2, 0) is 13.1 Å². The molecule has 0 aliphatic carbocycles. The molecule has 0 saturated carbocycles. The van der Waals surface area contributed by atoms with Crippen LogP contribution >= 0.6 is 11.6 Å². The van der Waals surface area contributed by atoms with Gasteiger partial charge in [0.15, 0.2) is 5.96 Å². The van der Waals surface area contributed by atoms with E-state index >= 15 is 0 Å². The third kappa shape index (κ3) is 5.10. The minimum absolute atomic E-state index is 0.688. The predicted octanol–water partition coefficient (Wildman–Crippen LogP) is 3.20. The van der Waals surface area contributed by atoms with E-state index in [2.05, 4.69) is 37.6 Å². The maximum atomic E-state index is 5.91. The van der Waals surface area contributed by atoms with E-state index < -0.39 is 0 Å². The maximum Gasteiger partial charge on any atom is 0.191 e. The molecule has 1 fully saturated rings. The monoisotopic (exact) mass is 357 g/mol. The first-order valence-electron chi connectivity index (χ1n) is 8.63. The van der Waals surface area contributed by atoms with E-state index in [-0.39, 0.29) is 0 Å². The fourth-order valence-electron chi connectivity index (χ4n) is 2.85. The van der Waals surface area contributed by atoms with Crippen molar-refractivity contribution < 1.29 is 0 Å². The zero-order valence-electron chi connectivity index (χ0n) is 14.5. The van der Waals surface area contributed by atoms with Crippen LogP contribution in [0.25, 0.3) is 0 Å². The van der Waals surface area contributed by atoms with Crippen LogP contribution in [0.5, 0.6) is 0 Å². The van der Waals surface area contributed by atoms with Crippen molar-refractivity contribution in [1.82, 2.24) is 15.6 Å². The van der Waals surface area contributed by atoms with E-state index in [1.807, 2.05) is 30.5 Å². The van der Waals surface area contributed by atoms with Gasteiger partial charge in [0.2, 0.25) is 0 Å². The second kappa shape index (κ2) is 8.72. The van der Waals surface area contributed by atoms with Crippen LogP contribution in [0.4, 0.5) is 5.82 Å². The summed E-state index contributed by atoms with van der Waals surface area (Å²) in [4.78, 5) is 11.2. The van der Waals surface area contributed by atoms with E-state index in [1.165, 1.54) is 12.8 Å². The molecule has 2 N–H and O–H groups in total. The van der Waals surface area contributed by atoms with Gasteiger partial charge in [-0.05, 0) is 42.2 Å². The number of nitrogens with zero attached hydrogens (tertiary/aromatic N) is 3. The molecule has 1 aliphatic heterocycles. The lowest BCUT2D eigenvalue weighted by molar-refractivity contribution is 0.806. The molecule has 3 rings (SSSR count). The first kappa shape index (κ1) is 17.5. The van der Waals surface area contributed by atoms with Crippen molar-refractivity contribution in [3.63, 3.8) is 0 Å². The van der Waals surface area contributed by atoms with Gasteiger partial charge in [-0.25, -0.2) is 4.98 Å². The maximum absolute atomic E-state index is 5.91. The summed E-state index contributed by atoms with van der Waals surface area (Å²) in [5.41, 5.74) is 2.29. The summed E-state index contributed by atoms with van der Waals surface area (Å²) in [7, 11) is 1.77. The fraction of sp³-hybridized carbons (Fsp3) is 0.368. The van der Waals surface area contributed by atoms with E-state index in [4.69, 9.17) is 11.6 Å². The van der Waals surface area contributed by atoms with Crippen LogP contribution in [0.3, 0.4) is 0 Å². The molecular formula is C19H24ClN5. The van der Waals surface area contributed by atoms with Gasteiger partial charge in [-0.1, -0.05) is 29.8 Å². The molecule has 2 aromatic rings. The van der Waals surface area contributed by atoms with Crippen LogP contribution < -0.4 is 15.5 Å². The molecular weight excluding hydrogens is 334 g/mol. The van der Waals surface area contributed by atoms with Crippen LogP contribution in [0, 0.1) is 0 Å². The largest absolute Gasteiger partial charge is 0.357 e. The molecule has 25 heavy (non-hydrogen) atoms. The number of anilines is 1. The number of benzene rings is 1. The molecule has 0 amide bonds. The molecule has 0 radical (unpaired) electrons. The number of nitrogens with one attached hydrogen (secondary N) is 2. The minimum atomic E-state index is 0.688. The van der Waals surface area contributed by atoms with Crippen molar-refractivity contribution in [3.05, 3.63) is 58.7 Å². The van der Waals surface area contributed by atoms with Gasteiger partial charge in [-0.15, -0.1) is 0 Å². The quantitative estimate of drug-likeness (QED) is 0.637.